The zero-order valence-corrected chi connectivity index (χ0v) is 19.9. The van der Waals surface area contributed by atoms with Gasteiger partial charge in [-0.25, -0.2) is 0 Å². The van der Waals surface area contributed by atoms with Gasteiger partial charge in [-0.1, -0.05) is 46.1 Å². The van der Waals surface area contributed by atoms with E-state index in [1.54, 1.807) is 0 Å². The SMILES string of the molecule is CC[Si](CC)(CC)O[C@@]1(C)CC[C@@H]2C1=C[C@]1(C3CCCCC3)C[C@@H](O)[C@@]2(C)O1. The van der Waals surface area contributed by atoms with E-state index in [0.717, 1.165) is 19.3 Å². The first-order valence-electron chi connectivity index (χ1n) is 12.1. The van der Waals surface area contributed by atoms with Gasteiger partial charge in [0.2, 0.25) is 0 Å². The fourth-order valence-electron chi connectivity index (χ4n) is 7.13. The summed E-state index contributed by atoms with van der Waals surface area (Å²) in [5, 5.41) is 11.2. The van der Waals surface area contributed by atoms with Crippen molar-refractivity contribution in [1.29, 1.82) is 0 Å². The lowest BCUT2D eigenvalue weighted by Crippen LogP contribution is -2.52. The lowest BCUT2D eigenvalue weighted by Gasteiger charge is -2.48. The van der Waals surface area contributed by atoms with Crippen LogP contribution >= 0.6 is 0 Å². The van der Waals surface area contributed by atoms with Gasteiger partial charge in [-0.15, -0.1) is 0 Å². The molecule has 1 N–H and O–H groups in total. The van der Waals surface area contributed by atoms with Crippen LogP contribution in [0.15, 0.2) is 11.6 Å². The summed E-state index contributed by atoms with van der Waals surface area (Å²) in [6, 6.07) is 3.58. The molecule has 0 radical (unpaired) electrons. The summed E-state index contributed by atoms with van der Waals surface area (Å²) < 4.78 is 14.0. The van der Waals surface area contributed by atoms with Gasteiger partial charge in [0.25, 0.3) is 0 Å². The molecular formula is C24H42O3Si. The third kappa shape index (κ3) is 3.00. The van der Waals surface area contributed by atoms with Crippen molar-refractivity contribution in [3.8, 4) is 0 Å². The van der Waals surface area contributed by atoms with Crippen LogP contribution in [0.25, 0.3) is 0 Å². The van der Waals surface area contributed by atoms with Crippen molar-refractivity contribution in [3.63, 3.8) is 0 Å². The lowest BCUT2D eigenvalue weighted by molar-refractivity contribution is -0.153. The molecule has 160 valence electrons. The molecule has 2 aliphatic heterocycles. The molecule has 0 amide bonds. The van der Waals surface area contributed by atoms with Crippen molar-refractivity contribution in [1.82, 2.24) is 0 Å². The number of hydrogen-bond acceptors (Lipinski definition) is 3. The number of fused-ring (bicyclic) bond motifs is 4. The van der Waals surface area contributed by atoms with Crippen molar-refractivity contribution in [2.45, 2.75) is 127 Å². The van der Waals surface area contributed by atoms with Gasteiger partial charge in [0.05, 0.1) is 22.9 Å². The van der Waals surface area contributed by atoms with Crippen LogP contribution in [0.1, 0.15) is 86.0 Å². The quantitative estimate of drug-likeness (QED) is 0.436. The van der Waals surface area contributed by atoms with Gasteiger partial charge in [-0.3, -0.25) is 0 Å². The Kier molecular flexibility index (Phi) is 5.43. The molecular weight excluding hydrogens is 364 g/mol. The Hall–Kier alpha value is -0.163. The Morgan fingerprint density at radius 1 is 1.07 bits per heavy atom. The first-order chi connectivity index (χ1) is 13.3. The predicted octanol–water partition coefficient (Wildman–Crippen LogP) is 5.98. The second-order valence-electron chi connectivity index (χ2n) is 10.6. The van der Waals surface area contributed by atoms with Gasteiger partial charge in [0.15, 0.2) is 8.32 Å². The third-order valence-corrected chi connectivity index (χ3v) is 14.0. The highest BCUT2D eigenvalue weighted by atomic mass is 28.4. The van der Waals surface area contributed by atoms with E-state index < -0.39 is 13.9 Å². The number of hydrogen-bond donors (Lipinski definition) is 1. The van der Waals surface area contributed by atoms with Crippen LogP contribution in [0, 0.1) is 11.8 Å². The van der Waals surface area contributed by atoms with Crippen molar-refractivity contribution in [2.75, 3.05) is 0 Å². The minimum absolute atomic E-state index is 0.159. The molecule has 2 saturated carbocycles. The van der Waals surface area contributed by atoms with Gasteiger partial charge in [0.1, 0.15) is 0 Å². The minimum Gasteiger partial charge on any atom is -0.408 e. The molecule has 3 fully saturated rings. The van der Waals surface area contributed by atoms with Crippen LogP contribution in [0.5, 0.6) is 0 Å². The summed E-state index contributed by atoms with van der Waals surface area (Å²) in [7, 11) is -1.70. The van der Waals surface area contributed by atoms with Crippen LogP contribution in [0.3, 0.4) is 0 Å². The van der Waals surface area contributed by atoms with Crippen LogP contribution in [0.4, 0.5) is 0 Å². The summed E-state index contributed by atoms with van der Waals surface area (Å²) in [6.45, 7) is 11.5. The highest BCUT2D eigenvalue weighted by Gasteiger charge is 2.65. The van der Waals surface area contributed by atoms with E-state index in [4.69, 9.17) is 9.16 Å². The molecule has 0 aromatic carbocycles. The molecule has 2 bridgehead atoms. The molecule has 1 saturated heterocycles. The van der Waals surface area contributed by atoms with Gasteiger partial charge in [-0.05, 0) is 69.2 Å². The Morgan fingerprint density at radius 2 is 1.71 bits per heavy atom. The molecule has 2 aliphatic carbocycles. The molecule has 4 aliphatic rings. The average molecular weight is 407 g/mol. The molecule has 0 spiro atoms. The average Bonchev–Trinajstić information content (AvgIpc) is 3.14. The van der Waals surface area contributed by atoms with Crippen molar-refractivity contribution in [2.24, 2.45) is 11.8 Å². The fraction of sp³-hybridized carbons (Fsp3) is 0.917. The van der Waals surface area contributed by atoms with E-state index >= 15 is 0 Å². The Balaban J connectivity index is 1.73. The van der Waals surface area contributed by atoms with Gasteiger partial charge in [0, 0.05) is 12.3 Å². The number of ether oxygens (including phenoxy) is 1. The highest BCUT2D eigenvalue weighted by Crippen LogP contribution is 2.62. The molecule has 0 unspecified atom stereocenters. The van der Waals surface area contributed by atoms with E-state index in [-0.39, 0.29) is 17.3 Å². The largest absolute Gasteiger partial charge is 0.408 e. The standard InChI is InChI=1S/C24H42O3Si/c1-6-28(7-2,8-3)27-22(4)15-14-19-20(22)16-24(18-12-10-9-11-13-18)17-21(25)23(19,5)26-24/h16,18-19,21,25H,6-15,17H2,1-5H3/t19-,21-,22+,23+,24-/m1/s1. The van der Waals surface area contributed by atoms with E-state index in [9.17, 15) is 5.11 Å². The maximum absolute atomic E-state index is 11.2. The maximum atomic E-state index is 11.2. The molecule has 0 aromatic heterocycles. The zero-order chi connectivity index (χ0) is 20.2. The second kappa shape index (κ2) is 7.21. The highest BCUT2D eigenvalue weighted by molar-refractivity contribution is 6.73. The predicted molar refractivity (Wildman–Crippen MR) is 117 cm³/mol. The van der Waals surface area contributed by atoms with Gasteiger partial charge < -0.3 is 14.3 Å². The molecule has 2 heterocycles. The summed E-state index contributed by atoms with van der Waals surface area (Å²) in [5.74, 6) is 0.866. The molecule has 28 heavy (non-hydrogen) atoms. The number of rotatable bonds is 6. The van der Waals surface area contributed by atoms with Crippen LogP contribution < -0.4 is 0 Å². The first kappa shape index (κ1) is 21.1. The first-order valence-corrected chi connectivity index (χ1v) is 14.6. The number of aliphatic hydroxyl groups is 1. The van der Waals surface area contributed by atoms with E-state index in [1.165, 1.54) is 55.8 Å². The Labute approximate surface area is 173 Å². The topological polar surface area (TPSA) is 38.7 Å². The molecule has 4 heteroatoms. The molecule has 0 aromatic rings. The molecule has 4 rings (SSSR count). The molecule has 5 atom stereocenters. The fourth-order valence-corrected chi connectivity index (χ4v) is 10.2. The lowest BCUT2D eigenvalue weighted by atomic mass is 9.73. The summed E-state index contributed by atoms with van der Waals surface area (Å²) in [6.07, 6.45) is 11.5. The smallest absolute Gasteiger partial charge is 0.193 e. The number of aliphatic hydroxyl groups excluding tert-OH is 1. The summed E-state index contributed by atoms with van der Waals surface area (Å²) in [5.41, 5.74) is 0.631. The summed E-state index contributed by atoms with van der Waals surface area (Å²) in [4.78, 5) is 0. The van der Waals surface area contributed by atoms with E-state index in [1.807, 2.05) is 0 Å². The van der Waals surface area contributed by atoms with Crippen molar-refractivity contribution in [3.05, 3.63) is 11.6 Å². The monoisotopic (exact) mass is 406 g/mol. The maximum Gasteiger partial charge on any atom is 0.193 e. The van der Waals surface area contributed by atoms with Gasteiger partial charge >= 0.3 is 0 Å². The van der Waals surface area contributed by atoms with Crippen LogP contribution in [-0.2, 0) is 9.16 Å². The van der Waals surface area contributed by atoms with Crippen LogP contribution in [-0.4, -0.2) is 36.3 Å². The Morgan fingerprint density at radius 3 is 2.32 bits per heavy atom. The van der Waals surface area contributed by atoms with E-state index in [2.05, 4.69) is 40.7 Å². The zero-order valence-electron chi connectivity index (χ0n) is 18.9. The second-order valence-corrected chi connectivity index (χ2v) is 15.3. The summed E-state index contributed by atoms with van der Waals surface area (Å²) >= 11 is 0. The normalized spacial score (nSPS) is 43.9. The third-order valence-electron chi connectivity index (χ3n) is 9.24. The molecule has 3 nitrogen and oxygen atoms in total. The van der Waals surface area contributed by atoms with Crippen molar-refractivity contribution >= 4 is 8.32 Å². The van der Waals surface area contributed by atoms with Gasteiger partial charge in [-0.2, -0.15) is 0 Å². The Bertz CT molecular complexity index is 615. The van der Waals surface area contributed by atoms with Crippen molar-refractivity contribution < 1.29 is 14.3 Å². The van der Waals surface area contributed by atoms with Crippen LogP contribution in [0.2, 0.25) is 18.1 Å². The minimum atomic E-state index is -1.70. The van der Waals surface area contributed by atoms with E-state index in [0.29, 0.717) is 11.8 Å².